The summed E-state index contributed by atoms with van der Waals surface area (Å²) in [4.78, 5) is 4.63. The number of nitrogens with zero attached hydrogens (tertiary/aromatic N) is 2. The van der Waals surface area contributed by atoms with Gasteiger partial charge in [0, 0.05) is 17.1 Å². The monoisotopic (exact) mass is 268 g/mol. The molecule has 0 aliphatic rings. The average molecular weight is 268 g/mol. The molecule has 3 aromatic rings. The second kappa shape index (κ2) is 5.12. The molecule has 1 unspecified atom stereocenters. The Morgan fingerprint density at radius 3 is 2.90 bits per heavy atom. The molecule has 0 saturated heterocycles. The lowest BCUT2D eigenvalue weighted by atomic mass is 10.1. The van der Waals surface area contributed by atoms with E-state index in [0.717, 1.165) is 39.7 Å². The zero-order valence-electron chi connectivity index (χ0n) is 12.2. The number of fused-ring (bicyclic) bond motifs is 2. The molecule has 0 aliphatic heterocycles. The number of rotatable bonds is 4. The number of aryl methyl sites for hydroxylation is 1. The molecule has 2 N–H and O–H groups in total. The average Bonchev–Trinajstić information content (AvgIpc) is 2.80. The lowest BCUT2D eigenvalue weighted by Crippen LogP contribution is -2.15. The molecular weight excluding hydrogens is 248 g/mol. The number of nitrogens with one attached hydrogen (secondary N) is 2. The minimum atomic E-state index is 0.434. The zero-order chi connectivity index (χ0) is 14.1. The summed E-state index contributed by atoms with van der Waals surface area (Å²) >= 11 is 0. The highest BCUT2D eigenvalue weighted by atomic mass is 15.2. The van der Waals surface area contributed by atoms with Gasteiger partial charge in [0.05, 0.1) is 16.6 Å². The Bertz CT molecular complexity index is 745. The molecule has 2 heterocycles. The Morgan fingerprint density at radius 2 is 2.10 bits per heavy atom. The van der Waals surface area contributed by atoms with Gasteiger partial charge < -0.3 is 5.32 Å². The van der Waals surface area contributed by atoms with Crippen LogP contribution in [-0.4, -0.2) is 21.2 Å². The van der Waals surface area contributed by atoms with E-state index in [1.807, 2.05) is 19.1 Å². The highest BCUT2D eigenvalue weighted by Gasteiger charge is 2.14. The Labute approximate surface area is 118 Å². The van der Waals surface area contributed by atoms with Gasteiger partial charge in [-0.1, -0.05) is 31.5 Å². The number of aromatic nitrogens is 3. The van der Waals surface area contributed by atoms with Crippen LogP contribution in [0.5, 0.6) is 0 Å². The number of pyridine rings is 1. The van der Waals surface area contributed by atoms with Crippen LogP contribution in [-0.2, 0) is 0 Å². The van der Waals surface area contributed by atoms with Crippen LogP contribution in [0.25, 0.3) is 21.9 Å². The van der Waals surface area contributed by atoms with Crippen LogP contribution in [0.1, 0.15) is 32.4 Å². The molecule has 0 radical (unpaired) electrons. The van der Waals surface area contributed by atoms with Gasteiger partial charge in [0.2, 0.25) is 0 Å². The topological polar surface area (TPSA) is 53.6 Å². The van der Waals surface area contributed by atoms with Gasteiger partial charge in [0.15, 0.2) is 5.65 Å². The maximum atomic E-state index is 4.63. The molecule has 0 aliphatic carbocycles. The highest BCUT2D eigenvalue weighted by Crippen LogP contribution is 2.32. The summed E-state index contributed by atoms with van der Waals surface area (Å²) in [6.45, 7) is 6.48. The van der Waals surface area contributed by atoms with Gasteiger partial charge in [0.25, 0.3) is 0 Å². The molecule has 1 atom stereocenters. The highest BCUT2D eigenvalue weighted by molar-refractivity contribution is 6.07. The lowest BCUT2D eigenvalue weighted by Gasteiger charge is -2.17. The van der Waals surface area contributed by atoms with E-state index in [-0.39, 0.29) is 0 Å². The molecule has 4 heteroatoms. The number of aromatic amines is 1. The maximum Gasteiger partial charge on any atom is 0.183 e. The molecule has 3 rings (SSSR count). The van der Waals surface area contributed by atoms with E-state index in [1.54, 1.807) is 0 Å². The summed E-state index contributed by atoms with van der Waals surface area (Å²) in [5.41, 5.74) is 3.98. The van der Waals surface area contributed by atoms with Crippen LogP contribution in [0.3, 0.4) is 0 Å². The van der Waals surface area contributed by atoms with E-state index in [2.05, 4.69) is 46.5 Å². The van der Waals surface area contributed by atoms with Crippen molar-refractivity contribution in [3.8, 4) is 0 Å². The molecule has 20 heavy (non-hydrogen) atoms. The third kappa shape index (κ3) is 2.11. The minimum absolute atomic E-state index is 0.434. The largest absolute Gasteiger partial charge is 0.381 e. The van der Waals surface area contributed by atoms with Gasteiger partial charge in [-0.3, -0.25) is 5.10 Å². The molecule has 0 amide bonds. The van der Waals surface area contributed by atoms with Crippen LogP contribution in [0.2, 0.25) is 0 Å². The Hall–Kier alpha value is -2.10. The second-order valence-corrected chi connectivity index (χ2v) is 5.39. The van der Waals surface area contributed by atoms with Crippen LogP contribution in [0.4, 0.5) is 5.69 Å². The first-order valence-electron chi connectivity index (χ1n) is 7.20. The number of hydrogen-bond acceptors (Lipinski definition) is 3. The third-order valence-corrected chi connectivity index (χ3v) is 3.69. The molecule has 0 bridgehead atoms. The van der Waals surface area contributed by atoms with Crippen molar-refractivity contribution in [2.24, 2.45) is 0 Å². The van der Waals surface area contributed by atoms with Crippen LogP contribution in [0, 0.1) is 6.92 Å². The third-order valence-electron chi connectivity index (χ3n) is 3.69. The number of benzene rings is 1. The summed E-state index contributed by atoms with van der Waals surface area (Å²) in [7, 11) is 0. The van der Waals surface area contributed by atoms with E-state index in [4.69, 9.17) is 0 Å². The van der Waals surface area contributed by atoms with E-state index in [1.165, 1.54) is 6.42 Å². The van der Waals surface area contributed by atoms with E-state index in [9.17, 15) is 0 Å². The first-order chi connectivity index (χ1) is 9.70. The standard InChI is InChI=1S/C16H20N4/c1-4-7-10(2)17-15-12-8-5-6-9-13(12)18-16-14(15)11(3)19-20-16/h5-6,8-10H,4,7H2,1-3H3,(H2,17,18,19,20). The Balaban J connectivity index is 2.24. The second-order valence-electron chi connectivity index (χ2n) is 5.39. The number of para-hydroxylation sites is 1. The van der Waals surface area contributed by atoms with Crippen molar-refractivity contribution in [1.82, 2.24) is 15.2 Å². The SMILES string of the molecule is CCCC(C)Nc1c2ccccc2nc2n[nH]c(C)c12. The summed E-state index contributed by atoms with van der Waals surface area (Å²) in [5.74, 6) is 0. The predicted molar refractivity (Wildman–Crippen MR) is 84.1 cm³/mol. The fraction of sp³-hybridized carbons (Fsp3) is 0.375. The Morgan fingerprint density at radius 1 is 1.30 bits per heavy atom. The van der Waals surface area contributed by atoms with E-state index >= 15 is 0 Å². The summed E-state index contributed by atoms with van der Waals surface area (Å²) < 4.78 is 0. The molecule has 4 nitrogen and oxygen atoms in total. The van der Waals surface area contributed by atoms with Gasteiger partial charge in [-0.25, -0.2) is 4.98 Å². The van der Waals surface area contributed by atoms with Gasteiger partial charge in [-0.2, -0.15) is 5.10 Å². The van der Waals surface area contributed by atoms with Gasteiger partial charge in [-0.05, 0) is 26.3 Å². The Kier molecular flexibility index (Phi) is 3.30. The van der Waals surface area contributed by atoms with E-state index < -0.39 is 0 Å². The summed E-state index contributed by atoms with van der Waals surface area (Å²) in [6, 6.07) is 8.66. The van der Waals surface area contributed by atoms with Crippen LogP contribution < -0.4 is 5.32 Å². The quantitative estimate of drug-likeness (QED) is 0.751. The van der Waals surface area contributed by atoms with Crippen molar-refractivity contribution in [3.05, 3.63) is 30.0 Å². The first-order valence-corrected chi connectivity index (χ1v) is 7.20. The molecule has 0 saturated carbocycles. The predicted octanol–water partition coefficient (Wildman–Crippen LogP) is 4.02. The number of H-pyrrole nitrogens is 1. The zero-order valence-corrected chi connectivity index (χ0v) is 12.2. The smallest absolute Gasteiger partial charge is 0.183 e. The van der Waals surface area contributed by atoms with Crippen molar-refractivity contribution in [2.45, 2.75) is 39.7 Å². The molecule has 1 aromatic carbocycles. The van der Waals surface area contributed by atoms with Crippen LogP contribution >= 0.6 is 0 Å². The van der Waals surface area contributed by atoms with Crippen LogP contribution in [0.15, 0.2) is 24.3 Å². The molecule has 104 valence electrons. The maximum absolute atomic E-state index is 4.63. The number of anilines is 1. The lowest BCUT2D eigenvalue weighted by molar-refractivity contribution is 0.692. The molecular formula is C16H20N4. The molecule has 0 spiro atoms. The van der Waals surface area contributed by atoms with Crippen molar-refractivity contribution in [1.29, 1.82) is 0 Å². The van der Waals surface area contributed by atoms with Crippen molar-refractivity contribution in [2.75, 3.05) is 5.32 Å². The van der Waals surface area contributed by atoms with Gasteiger partial charge in [0.1, 0.15) is 0 Å². The van der Waals surface area contributed by atoms with Gasteiger partial charge >= 0.3 is 0 Å². The fourth-order valence-electron chi connectivity index (χ4n) is 2.73. The minimum Gasteiger partial charge on any atom is -0.381 e. The molecule has 0 fully saturated rings. The molecule has 2 aromatic heterocycles. The van der Waals surface area contributed by atoms with Crippen molar-refractivity contribution in [3.63, 3.8) is 0 Å². The normalized spacial score (nSPS) is 12.9. The number of hydrogen-bond donors (Lipinski definition) is 2. The van der Waals surface area contributed by atoms with Crippen molar-refractivity contribution < 1.29 is 0 Å². The van der Waals surface area contributed by atoms with E-state index in [0.29, 0.717) is 6.04 Å². The van der Waals surface area contributed by atoms with Gasteiger partial charge in [-0.15, -0.1) is 0 Å². The summed E-state index contributed by atoms with van der Waals surface area (Å²) in [6.07, 6.45) is 2.32. The van der Waals surface area contributed by atoms with Crippen molar-refractivity contribution >= 4 is 27.6 Å². The summed E-state index contributed by atoms with van der Waals surface area (Å²) in [5, 5.41) is 13.3. The first kappa shape index (κ1) is 12.9. The fourth-order valence-corrected chi connectivity index (χ4v) is 2.73.